The smallest absolute Gasteiger partial charge is 0.150 e. The molecule has 0 bridgehead atoms. The summed E-state index contributed by atoms with van der Waals surface area (Å²) >= 11 is 0. The van der Waals surface area contributed by atoms with E-state index in [1.54, 1.807) is 0 Å². The predicted molar refractivity (Wildman–Crippen MR) is 48.3 cm³/mol. The summed E-state index contributed by atoms with van der Waals surface area (Å²) in [4.78, 5) is 0. The van der Waals surface area contributed by atoms with Crippen LogP contribution < -0.4 is 0 Å². The van der Waals surface area contributed by atoms with E-state index in [0.29, 0.717) is 12.8 Å². The van der Waals surface area contributed by atoms with E-state index in [2.05, 4.69) is 0 Å². The molecule has 0 unspecified atom stereocenters. The fourth-order valence-electron chi connectivity index (χ4n) is 0.962. The van der Waals surface area contributed by atoms with Crippen LogP contribution in [0.2, 0.25) is 0 Å². The van der Waals surface area contributed by atoms with Crippen LogP contribution in [-0.4, -0.2) is 19.9 Å². The lowest BCUT2D eigenvalue weighted by Gasteiger charge is -2.04. The van der Waals surface area contributed by atoms with Crippen LogP contribution in [0.15, 0.2) is 0 Å². The fourth-order valence-corrected chi connectivity index (χ4v) is 2.73. The number of unbranched alkanes of at least 4 members (excludes halogenated alkanes) is 1. The largest absolute Gasteiger partial charge is 0.229 e. The molecule has 0 aliphatic rings. The molecule has 0 saturated heterocycles. The summed E-state index contributed by atoms with van der Waals surface area (Å²) in [6.45, 7) is 3.75. The van der Waals surface area contributed by atoms with E-state index in [1.165, 1.54) is 0 Å². The van der Waals surface area contributed by atoms with Gasteiger partial charge >= 0.3 is 0 Å². The van der Waals surface area contributed by atoms with Gasteiger partial charge in [-0.05, 0) is 12.3 Å². The Morgan fingerprint density at radius 2 is 2.00 bits per heavy atom. The third-order valence-corrected chi connectivity index (χ3v) is 3.42. The number of nitrogens with zero attached hydrogens (tertiary/aromatic N) is 1. The molecular weight excluding hydrogens is 174 g/mol. The van der Waals surface area contributed by atoms with Crippen molar-refractivity contribution in [3.05, 3.63) is 0 Å². The Kier molecular flexibility index (Phi) is 4.91. The van der Waals surface area contributed by atoms with Gasteiger partial charge in [-0.3, -0.25) is 0 Å². The Balaban J connectivity index is 3.83. The van der Waals surface area contributed by atoms with Crippen LogP contribution in [0, 0.1) is 17.2 Å². The average molecular weight is 189 g/mol. The second-order valence-corrected chi connectivity index (χ2v) is 5.50. The molecule has 4 heteroatoms. The minimum absolute atomic E-state index is 0.152. The van der Waals surface area contributed by atoms with E-state index in [9.17, 15) is 8.42 Å². The summed E-state index contributed by atoms with van der Waals surface area (Å²) in [6, 6.07) is 1.93. The Bertz CT molecular complexity index is 249. The molecule has 12 heavy (non-hydrogen) atoms. The van der Waals surface area contributed by atoms with Crippen LogP contribution in [0.5, 0.6) is 0 Å². The zero-order chi connectivity index (χ0) is 9.61. The van der Waals surface area contributed by atoms with Gasteiger partial charge in [-0.15, -0.1) is 0 Å². The van der Waals surface area contributed by atoms with Gasteiger partial charge in [-0.2, -0.15) is 5.26 Å². The van der Waals surface area contributed by atoms with Gasteiger partial charge in [-0.1, -0.05) is 13.8 Å². The quantitative estimate of drug-likeness (QED) is 0.613. The number of rotatable bonds is 5. The highest BCUT2D eigenvalue weighted by atomic mass is 32.2. The number of hydrogen-bond acceptors (Lipinski definition) is 3. The zero-order valence-electron chi connectivity index (χ0n) is 7.58. The van der Waals surface area contributed by atoms with Crippen LogP contribution in [-0.2, 0) is 9.84 Å². The van der Waals surface area contributed by atoms with Gasteiger partial charge in [0.2, 0.25) is 0 Å². The highest BCUT2D eigenvalue weighted by molar-refractivity contribution is 7.91. The maximum absolute atomic E-state index is 11.2. The third kappa shape index (κ3) is 6.17. The molecule has 0 saturated carbocycles. The van der Waals surface area contributed by atoms with Gasteiger partial charge < -0.3 is 0 Å². The lowest BCUT2D eigenvalue weighted by Crippen LogP contribution is -2.15. The van der Waals surface area contributed by atoms with Gasteiger partial charge in [0.25, 0.3) is 0 Å². The van der Waals surface area contributed by atoms with Crippen molar-refractivity contribution in [2.75, 3.05) is 11.5 Å². The molecule has 0 atom stereocenters. The van der Waals surface area contributed by atoms with Crippen molar-refractivity contribution in [3.8, 4) is 6.07 Å². The second-order valence-electron chi connectivity index (χ2n) is 3.27. The number of nitriles is 1. The van der Waals surface area contributed by atoms with Crippen molar-refractivity contribution in [1.29, 1.82) is 5.26 Å². The molecule has 0 spiro atoms. The Hall–Kier alpha value is -0.560. The van der Waals surface area contributed by atoms with Crippen molar-refractivity contribution in [2.45, 2.75) is 26.7 Å². The molecular formula is C8H15NO2S. The molecule has 0 fully saturated rings. The summed E-state index contributed by atoms with van der Waals surface area (Å²) in [7, 11) is -2.90. The first kappa shape index (κ1) is 11.4. The van der Waals surface area contributed by atoms with Gasteiger partial charge in [0.1, 0.15) is 0 Å². The molecule has 0 heterocycles. The molecule has 0 aromatic rings. The Morgan fingerprint density at radius 3 is 2.42 bits per heavy atom. The lowest BCUT2D eigenvalue weighted by molar-refractivity contribution is 0.580. The minimum atomic E-state index is -2.90. The summed E-state index contributed by atoms with van der Waals surface area (Å²) in [5.41, 5.74) is 0. The molecule has 3 nitrogen and oxygen atoms in total. The zero-order valence-corrected chi connectivity index (χ0v) is 8.39. The maximum Gasteiger partial charge on any atom is 0.150 e. The first-order valence-electron chi connectivity index (χ1n) is 4.05. The van der Waals surface area contributed by atoms with Crippen LogP contribution in [0.25, 0.3) is 0 Å². The van der Waals surface area contributed by atoms with Crippen LogP contribution in [0.3, 0.4) is 0 Å². The molecule has 0 rings (SSSR count). The molecule has 0 radical (unpaired) electrons. The van der Waals surface area contributed by atoms with E-state index < -0.39 is 9.84 Å². The first-order chi connectivity index (χ1) is 5.48. The Labute approximate surface area is 74.3 Å². The molecule has 0 aliphatic heterocycles. The van der Waals surface area contributed by atoms with Crippen molar-refractivity contribution in [1.82, 2.24) is 0 Å². The monoisotopic (exact) mass is 189 g/mol. The van der Waals surface area contributed by atoms with Gasteiger partial charge in [-0.25, -0.2) is 8.42 Å². The van der Waals surface area contributed by atoms with Gasteiger partial charge in [0, 0.05) is 6.42 Å². The normalized spacial score (nSPS) is 11.5. The topological polar surface area (TPSA) is 57.9 Å². The SMILES string of the molecule is CC(C)CS(=O)(=O)CCCC#N. The minimum Gasteiger partial charge on any atom is -0.229 e. The number of hydrogen-bond donors (Lipinski definition) is 0. The summed E-state index contributed by atoms with van der Waals surface area (Å²) in [6.07, 6.45) is 0.795. The van der Waals surface area contributed by atoms with E-state index in [0.717, 1.165) is 0 Å². The summed E-state index contributed by atoms with van der Waals surface area (Å²) < 4.78 is 22.4. The maximum atomic E-state index is 11.2. The van der Waals surface area contributed by atoms with Crippen molar-refractivity contribution in [2.24, 2.45) is 5.92 Å². The van der Waals surface area contributed by atoms with Crippen LogP contribution >= 0.6 is 0 Å². The van der Waals surface area contributed by atoms with E-state index >= 15 is 0 Å². The van der Waals surface area contributed by atoms with Gasteiger partial charge in [0.15, 0.2) is 9.84 Å². The molecule has 0 aromatic heterocycles. The highest BCUT2D eigenvalue weighted by Gasteiger charge is 2.11. The highest BCUT2D eigenvalue weighted by Crippen LogP contribution is 2.03. The van der Waals surface area contributed by atoms with Crippen molar-refractivity contribution in [3.63, 3.8) is 0 Å². The molecule has 0 N–H and O–H groups in total. The Morgan fingerprint density at radius 1 is 1.42 bits per heavy atom. The standard InChI is InChI=1S/C8H15NO2S/c1-8(2)7-12(10,11)6-4-3-5-9/h8H,3-4,6-7H2,1-2H3. The van der Waals surface area contributed by atoms with Crippen LogP contribution in [0.4, 0.5) is 0 Å². The molecule has 0 amide bonds. The third-order valence-electron chi connectivity index (χ3n) is 1.33. The van der Waals surface area contributed by atoms with Crippen molar-refractivity contribution < 1.29 is 8.42 Å². The first-order valence-corrected chi connectivity index (χ1v) is 5.87. The van der Waals surface area contributed by atoms with E-state index in [-0.39, 0.29) is 17.4 Å². The number of sulfone groups is 1. The average Bonchev–Trinajstić information content (AvgIpc) is 1.84. The van der Waals surface area contributed by atoms with E-state index in [4.69, 9.17) is 5.26 Å². The predicted octanol–water partition coefficient (Wildman–Crippen LogP) is 1.36. The fraction of sp³-hybridized carbons (Fsp3) is 0.875. The molecule has 0 aromatic carbocycles. The summed E-state index contributed by atoms with van der Waals surface area (Å²) in [5.74, 6) is 0.564. The molecule has 0 aliphatic carbocycles. The second kappa shape index (κ2) is 5.15. The van der Waals surface area contributed by atoms with E-state index in [1.807, 2.05) is 19.9 Å². The van der Waals surface area contributed by atoms with Crippen molar-refractivity contribution >= 4 is 9.84 Å². The van der Waals surface area contributed by atoms with Gasteiger partial charge in [0.05, 0.1) is 17.6 Å². The summed E-state index contributed by atoms with van der Waals surface area (Å²) in [5, 5.41) is 8.20. The molecule has 70 valence electrons. The van der Waals surface area contributed by atoms with Crippen LogP contribution in [0.1, 0.15) is 26.7 Å². The lowest BCUT2D eigenvalue weighted by atomic mass is 10.3.